The second-order valence-corrected chi connectivity index (χ2v) is 11.7. The van der Waals surface area contributed by atoms with Crippen LogP contribution >= 0.6 is 0 Å². The SMILES string of the molecule is c1ccc2c(c1)Oc1ccccc1C21c2ccccc2-c2ccc(-c3ccc4[nH]c5ccc6ccccc6c5c4c3)cc21. The molecular weight excluding hydrogens is 522 g/mol. The zero-order valence-electron chi connectivity index (χ0n) is 23.3. The molecule has 43 heavy (non-hydrogen) atoms. The van der Waals surface area contributed by atoms with E-state index in [1.54, 1.807) is 0 Å². The Balaban J connectivity index is 1.27. The fraction of sp³-hybridized carbons (Fsp3) is 0.0244. The second kappa shape index (κ2) is 8.24. The van der Waals surface area contributed by atoms with Crippen LogP contribution in [0.25, 0.3) is 54.8 Å². The fourth-order valence-corrected chi connectivity index (χ4v) is 7.88. The first kappa shape index (κ1) is 23.0. The molecule has 8 aromatic rings. The summed E-state index contributed by atoms with van der Waals surface area (Å²) in [6, 6.07) is 53.0. The van der Waals surface area contributed by atoms with E-state index in [2.05, 4.69) is 151 Å². The van der Waals surface area contributed by atoms with Gasteiger partial charge in [0.1, 0.15) is 11.5 Å². The topological polar surface area (TPSA) is 25.0 Å². The zero-order valence-corrected chi connectivity index (χ0v) is 23.3. The average Bonchev–Trinajstić information content (AvgIpc) is 3.59. The molecule has 2 heteroatoms. The highest BCUT2D eigenvalue weighted by Crippen LogP contribution is 2.62. The fourth-order valence-electron chi connectivity index (χ4n) is 7.88. The lowest BCUT2D eigenvalue weighted by Crippen LogP contribution is -2.32. The normalized spacial score (nSPS) is 14.0. The second-order valence-electron chi connectivity index (χ2n) is 11.7. The van der Waals surface area contributed by atoms with Gasteiger partial charge in [-0.15, -0.1) is 0 Å². The first-order chi connectivity index (χ1) is 21.3. The molecule has 0 unspecified atom stereocenters. The standard InChI is InChI=1S/C41H25NO/c1-2-10-28-25(9-1)18-22-37-40(28)31-23-26(19-21-36(31)42-37)27-17-20-30-29-11-3-4-12-32(29)41(35(30)24-27)33-13-5-7-15-38(33)43-39-16-8-6-14-34(39)41/h1-24,42H. The van der Waals surface area contributed by atoms with E-state index in [4.69, 9.17) is 4.74 Å². The van der Waals surface area contributed by atoms with Gasteiger partial charge in [0.15, 0.2) is 0 Å². The van der Waals surface area contributed by atoms with Gasteiger partial charge >= 0.3 is 0 Å². The summed E-state index contributed by atoms with van der Waals surface area (Å²) < 4.78 is 6.52. The van der Waals surface area contributed by atoms with E-state index < -0.39 is 5.41 Å². The molecule has 1 spiro atoms. The van der Waals surface area contributed by atoms with Crippen LogP contribution in [0.5, 0.6) is 11.5 Å². The van der Waals surface area contributed by atoms with E-state index >= 15 is 0 Å². The number of rotatable bonds is 1. The molecule has 0 fully saturated rings. The van der Waals surface area contributed by atoms with Crippen LogP contribution in [0.15, 0.2) is 146 Å². The molecule has 0 atom stereocenters. The van der Waals surface area contributed by atoms with Gasteiger partial charge in [0, 0.05) is 32.9 Å². The van der Waals surface area contributed by atoms with E-state index in [1.165, 1.54) is 71.6 Å². The third kappa shape index (κ3) is 2.92. The van der Waals surface area contributed by atoms with E-state index in [-0.39, 0.29) is 0 Å². The summed E-state index contributed by atoms with van der Waals surface area (Å²) in [4.78, 5) is 3.66. The maximum Gasteiger partial charge on any atom is 0.132 e. The summed E-state index contributed by atoms with van der Waals surface area (Å²) in [5, 5.41) is 5.08. The van der Waals surface area contributed by atoms with Crippen molar-refractivity contribution in [3.05, 3.63) is 168 Å². The number of aromatic amines is 1. The van der Waals surface area contributed by atoms with E-state index in [1.807, 2.05) is 0 Å². The van der Waals surface area contributed by atoms with Gasteiger partial charge in [-0.2, -0.15) is 0 Å². The van der Waals surface area contributed by atoms with Gasteiger partial charge in [-0.3, -0.25) is 0 Å². The lowest BCUT2D eigenvalue weighted by atomic mass is 9.66. The van der Waals surface area contributed by atoms with Crippen LogP contribution in [-0.4, -0.2) is 4.98 Å². The molecule has 1 aliphatic heterocycles. The summed E-state index contributed by atoms with van der Waals surface area (Å²) in [5.74, 6) is 1.84. The quantitative estimate of drug-likeness (QED) is 0.217. The van der Waals surface area contributed by atoms with Crippen LogP contribution in [0.4, 0.5) is 0 Å². The van der Waals surface area contributed by atoms with Gasteiger partial charge in [-0.25, -0.2) is 0 Å². The predicted molar refractivity (Wildman–Crippen MR) is 176 cm³/mol. The number of hydrogen-bond acceptors (Lipinski definition) is 1. The third-order valence-corrected chi connectivity index (χ3v) is 9.67. The molecule has 1 aliphatic carbocycles. The first-order valence-electron chi connectivity index (χ1n) is 14.9. The highest BCUT2D eigenvalue weighted by Gasteiger charge is 2.50. The Kier molecular flexibility index (Phi) is 4.41. The van der Waals surface area contributed by atoms with Crippen molar-refractivity contribution in [2.45, 2.75) is 5.41 Å². The number of fused-ring (bicyclic) bond motifs is 14. The van der Waals surface area contributed by atoms with Crippen LogP contribution < -0.4 is 4.74 Å². The Morgan fingerprint density at radius 3 is 1.91 bits per heavy atom. The van der Waals surface area contributed by atoms with E-state index in [0.717, 1.165) is 17.0 Å². The summed E-state index contributed by atoms with van der Waals surface area (Å²) in [7, 11) is 0. The van der Waals surface area contributed by atoms with Crippen molar-refractivity contribution in [2.24, 2.45) is 0 Å². The number of nitrogens with one attached hydrogen (secondary N) is 1. The maximum atomic E-state index is 6.52. The Hall–Kier alpha value is -5.60. The smallest absolute Gasteiger partial charge is 0.132 e. The molecule has 2 heterocycles. The molecule has 2 aliphatic rings. The number of hydrogen-bond donors (Lipinski definition) is 1. The lowest BCUT2D eigenvalue weighted by Gasteiger charge is -2.39. The zero-order chi connectivity index (χ0) is 28.1. The number of aromatic nitrogens is 1. The highest BCUT2D eigenvalue weighted by molar-refractivity contribution is 6.20. The molecule has 0 saturated heterocycles. The Morgan fingerprint density at radius 1 is 0.442 bits per heavy atom. The number of para-hydroxylation sites is 2. The number of benzene rings is 7. The van der Waals surface area contributed by atoms with Crippen LogP contribution in [0, 0.1) is 0 Å². The van der Waals surface area contributed by atoms with Crippen LogP contribution in [0.2, 0.25) is 0 Å². The molecule has 10 rings (SSSR count). The monoisotopic (exact) mass is 547 g/mol. The number of ether oxygens (including phenoxy) is 1. The van der Waals surface area contributed by atoms with E-state index in [0.29, 0.717) is 0 Å². The van der Waals surface area contributed by atoms with Gasteiger partial charge in [0.25, 0.3) is 0 Å². The third-order valence-electron chi connectivity index (χ3n) is 9.67. The van der Waals surface area contributed by atoms with Gasteiger partial charge < -0.3 is 9.72 Å². The van der Waals surface area contributed by atoms with E-state index in [9.17, 15) is 0 Å². The van der Waals surface area contributed by atoms with Crippen molar-refractivity contribution in [2.75, 3.05) is 0 Å². The van der Waals surface area contributed by atoms with Crippen molar-refractivity contribution in [1.29, 1.82) is 0 Å². The Bertz CT molecular complexity index is 2400. The van der Waals surface area contributed by atoms with Gasteiger partial charge in [-0.05, 0) is 80.6 Å². The Morgan fingerprint density at radius 2 is 1.07 bits per heavy atom. The largest absolute Gasteiger partial charge is 0.457 e. The molecule has 1 aromatic heterocycles. The molecule has 0 bridgehead atoms. The van der Waals surface area contributed by atoms with Crippen molar-refractivity contribution in [1.82, 2.24) is 4.98 Å². The summed E-state index contributed by atoms with van der Waals surface area (Å²) >= 11 is 0. The molecule has 7 aromatic carbocycles. The summed E-state index contributed by atoms with van der Waals surface area (Å²) in [6.45, 7) is 0. The predicted octanol–water partition coefficient (Wildman–Crippen LogP) is 10.6. The van der Waals surface area contributed by atoms with Gasteiger partial charge in [0.05, 0.1) is 5.41 Å². The number of H-pyrrole nitrogens is 1. The van der Waals surface area contributed by atoms with Crippen molar-refractivity contribution >= 4 is 32.6 Å². The first-order valence-corrected chi connectivity index (χ1v) is 14.9. The van der Waals surface area contributed by atoms with Gasteiger partial charge in [-0.1, -0.05) is 109 Å². The minimum absolute atomic E-state index is 0.464. The average molecular weight is 548 g/mol. The molecule has 0 radical (unpaired) electrons. The maximum absolute atomic E-state index is 6.52. The van der Waals surface area contributed by atoms with Crippen LogP contribution in [0.3, 0.4) is 0 Å². The van der Waals surface area contributed by atoms with Crippen LogP contribution in [-0.2, 0) is 5.41 Å². The minimum Gasteiger partial charge on any atom is -0.457 e. The van der Waals surface area contributed by atoms with Crippen molar-refractivity contribution < 1.29 is 4.74 Å². The molecule has 1 N–H and O–H groups in total. The molecule has 200 valence electrons. The molecular formula is C41H25NO. The highest BCUT2D eigenvalue weighted by atomic mass is 16.5. The summed E-state index contributed by atoms with van der Waals surface area (Å²) in [5.41, 5.74) is 11.9. The van der Waals surface area contributed by atoms with Gasteiger partial charge in [0.2, 0.25) is 0 Å². The van der Waals surface area contributed by atoms with Crippen molar-refractivity contribution in [3.8, 4) is 33.8 Å². The molecule has 0 saturated carbocycles. The molecule has 2 nitrogen and oxygen atoms in total. The minimum atomic E-state index is -0.464. The van der Waals surface area contributed by atoms with Crippen LogP contribution in [0.1, 0.15) is 22.3 Å². The Labute approximate surface area is 248 Å². The molecule has 0 amide bonds. The lowest BCUT2D eigenvalue weighted by molar-refractivity contribution is 0.436. The summed E-state index contributed by atoms with van der Waals surface area (Å²) in [6.07, 6.45) is 0. The van der Waals surface area contributed by atoms with Crippen molar-refractivity contribution in [3.63, 3.8) is 0 Å².